The summed E-state index contributed by atoms with van der Waals surface area (Å²) >= 11 is 0. The Kier molecular flexibility index (Phi) is 5.99. The molecule has 0 bridgehead atoms. The Hall–Kier alpha value is -1.79. The fourth-order valence-electron chi connectivity index (χ4n) is 2.18. The van der Waals surface area contributed by atoms with Gasteiger partial charge in [-0.05, 0) is 38.1 Å². The first-order valence-corrected chi connectivity index (χ1v) is 6.90. The van der Waals surface area contributed by atoms with Crippen molar-refractivity contribution in [2.24, 2.45) is 10.9 Å². The number of benzene rings is 1. The molecule has 0 saturated carbocycles. The van der Waals surface area contributed by atoms with Gasteiger partial charge in [0.25, 0.3) is 0 Å². The van der Waals surface area contributed by atoms with Gasteiger partial charge in [0.15, 0.2) is 5.84 Å². The van der Waals surface area contributed by atoms with Crippen molar-refractivity contribution in [3.05, 3.63) is 29.3 Å². The Morgan fingerprint density at radius 1 is 1.43 bits per heavy atom. The topological polar surface area (TPSA) is 91.3 Å². The van der Waals surface area contributed by atoms with E-state index in [9.17, 15) is 5.11 Å². The lowest BCUT2D eigenvalue weighted by atomic mass is 10.1. The quantitative estimate of drug-likeness (QED) is 0.306. The average molecular weight is 295 g/mol. The van der Waals surface area contributed by atoms with Gasteiger partial charge in [-0.25, -0.2) is 0 Å². The van der Waals surface area contributed by atoms with Gasteiger partial charge in [-0.2, -0.15) is 0 Å². The van der Waals surface area contributed by atoms with E-state index in [-0.39, 0.29) is 5.84 Å². The van der Waals surface area contributed by atoms with Crippen LogP contribution < -0.4 is 10.5 Å². The Morgan fingerprint density at radius 3 is 2.57 bits per heavy atom. The van der Waals surface area contributed by atoms with Crippen molar-refractivity contribution < 1.29 is 15.1 Å². The molecule has 0 radical (unpaired) electrons. The van der Waals surface area contributed by atoms with E-state index in [0.29, 0.717) is 24.4 Å². The van der Waals surface area contributed by atoms with Gasteiger partial charge in [-0.3, -0.25) is 4.90 Å². The van der Waals surface area contributed by atoms with Crippen LogP contribution in [-0.4, -0.2) is 46.8 Å². The third-order valence-corrected chi connectivity index (χ3v) is 3.11. The van der Waals surface area contributed by atoms with Crippen LogP contribution in [0.25, 0.3) is 0 Å². The molecule has 118 valence electrons. The number of oxime groups is 1. The minimum Gasteiger partial charge on any atom is -0.496 e. The largest absolute Gasteiger partial charge is 0.496 e. The van der Waals surface area contributed by atoms with E-state index < -0.39 is 5.60 Å². The maximum absolute atomic E-state index is 9.92. The van der Waals surface area contributed by atoms with E-state index in [1.807, 2.05) is 19.1 Å². The minimum atomic E-state index is -0.742. The van der Waals surface area contributed by atoms with E-state index in [1.165, 1.54) is 0 Å². The summed E-state index contributed by atoms with van der Waals surface area (Å²) in [4.78, 5) is 2.14. The lowest BCUT2D eigenvalue weighted by molar-refractivity contribution is 0.0353. The predicted molar refractivity (Wildman–Crippen MR) is 82.8 cm³/mol. The molecule has 0 heterocycles. The van der Waals surface area contributed by atoms with Crippen molar-refractivity contribution in [2.75, 3.05) is 20.2 Å². The minimum absolute atomic E-state index is 0.0160. The van der Waals surface area contributed by atoms with Crippen LogP contribution in [0.15, 0.2) is 23.4 Å². The third kappa shape index (κ3) is 5.24. The summed E-state index contributed by atoms with van der Waals surface area (Å²) in [6, 6.07) is 5.53. The van der Waals surface area contributed by atoms with E-state index >= 15 is 0 Å². The SMILES string of the molecule is CCN(Cc1ccc(/C(N)=N/O)c(OC)c1)CC(C)(C)O. The van der Waals surface area contributed by atoms with Gasteiger partial charge in [0, 0.05) is 13.1 Å². The molecular formula is C15H25N3O3. The first kappa shape index (κ1) is 17.3. The molecule has 6 nitrogen and oxygen atoms in total. The molecular weight excluding hydrogens is 270 g/mol. The monoisotopic (exact) mass is 295 g/mol. The van der Waals surface area contributed by atoms with Crippen LogP contribution in [0.2, 0.25) is 0 Å². The number of nitrogens with zero attached hydrogens (tertiary/aromatic N) is 2. The fourth-order valence-corrected chi connectivity index (χ4v) is 2.18. The van der Waals surface area contributed by atoms with Gasteiger partial charge in [0.1, 0.15) is 5.75 Å². The highest BCUT2D eigenvalue weighted by Gasteiger charge is 2.18. The van der Waals surface area contributed by atoms with Crippen LogP contribution in [0.4, 0.5) is 0 Å². The van der Waals surface area contributed by atoms with Crippen LogP contribution in [0, 0.1) is 0 Å². The molecule has 0 amide bonds. The fraction of sp³-hybridized carbons (Fsp3) is 0.533. The maximum atomic E-state index is 9.92. The van der Waals surface area contributed by atoms with Crippen LogP contribution in [0.5, 0.6) is 5.75 Å². The predicted octanol–water partition coefficient (Wildman–Crippen LogP) is 1.38. The lowest BCUT2D eigenvalue weighted by Gasteiger charge is -2.28. The number of hydrogen-bond donors (Lipinski definition) is 3. The second kappa shape index (κ2) is 7.28. The number of hydrogen-bond acceptors (Lipinski definition) is 5. The summed E-state index contributed by atoms with van der Waals surface area (Å²) in [6.45, 7) is 7.72. The second-order valence-corrected chi connectivity index (χ2v) is 5.64. The molecule has 0 aromatic heterocycles. The van der Waals surface area contributed by atoms with Crippen LogP contribution >= 0.6 is 0 Å². The number of ether oxygens (including phenoxy) is 1. The third-order valence-electron chi connectivity index (χ3n) is 3.11. The summed E-state index contributed by atoms with van der Waals surface area (Å²) < 4.78 is 5.29. The maximum Gasteiger partial charge on any atom is 0.173 e. The Balaban J connectivity index is 2.94. The molecule has 4 N–H and O–H groups in total. The van der Waals surface area contributed by atoms with Crippen molar-refractivity contribution in [3.8, 4) is 5.75 Å². The van der Waals surface area contributed by atoms with E-state index in [2.05, 4.69) is 10.1 Å². The van der Waals surface area contributed by atoms with E-state index in [1.54, 1.807) is 27.0 Å². The highest BCUT2D eigenvalue weighted by atomic mass is 16.5. The summed E-state index contributed by atoms with van der Waals surface area (Å²) in [5.41, 5.74) is 6.45. The van der Waals surface area contributed by atoms with Crippen LogP contribution in [-0.2, 0) is 6.54 Å². The molecule has 0 aliphatic heterocycles. The molecule has 21 heavy (non-hydrogen) atoms. The first-order valence-electron chi connectivity index (χ1n) is 6.90. The summed E-state index contributed by atoms with van der Waals surface area (Å²) in [6.07, 6.45) is 0. The van der Waals surface area contributed by atoms with E-state index in [4.69, 9.17) is 15.7 Å². The highest BCUT2D eigenvalue weighted by Crippen LogP contribution is 2.21. The standard InChI is InChI=1S/C15H25N3O3/c1-5-18(10-15(2,3)19)9-11-6-7-12(14(16)17-20)13(8-11)21-4/h6-8,19-20H,5,9-10H2,1-4H3,(H2,16,17). The second-order valence-electron chi connectivity index (χ2n) is 5.64. The van der Waals surface area contributed by atoms with Crippen molar-refractivity contribution in [1.29, 1.82) is 0 Å². The molecule has 0 aliphatic rings. The zero-order chi connectivity index (χ0) is 16.0. The van der Waals surface area contributed by atoms with Gasteiger partial charge >= 0.3 is 0 Å². The van der Waals surface area contributed by atoms with Gasteiger partial charge in [-0.15, -0.1) is 0 Å². The number of nitrogens with two attached hydrogens (primary N) is 1. The summed E-state index contributed by atoms with van der Waals surface area (Å²) in [5.74, 6) is 0.573. The zero-order valence-corrected chi connectivity index (χ0v) is 13.1. The number of amidine groups is 1. The average Bonchev–Trinajstić information content (AvgIpc) is 2.44. The lowest BCUT2D eigenvalue weighted by Crippen LogP contribution is -2.38. The molecule has 0 spiro atoms. The molecule has 0 aliphatic carbocycles. The number of rotatable bonds is 7. The molecule has 1 rings (SSSR count). The number of aliphatic hydroxyl groups is 1. The molecule has 6 heteroatoms. The Bertz CT molecular complexity index is 495. The number of likely N-dealkylation sites (N-methyl/N-ethyl adjacent to an activating group) is 1. The van der Waals surface area contributed by atoms with Gasteiger partial charge in [0.2, 0.25) is 0 Å². The molecule has 1 aromatic carbocycles. The van der Waals surface area contributed by atoms with Gasteiger partial charge in [-0.1, -0.05) is 18.1 Å². The number of methoxy groups -OCH3 is 1. The van der Waals surface area contributed by atoms with Gasteiger partial charge < -0.3 is 20.8 Å². The van der Waals surface area contributed by atoms with E-state index in [0.717, 1.165) is 12.1 Å². The molecule has 0 atom stereocenters. The Morgan fingerprint density at radius 2 is 2.10 bits per heavy atom. The van der Waals surface area contributed by atoms with Crippen LogP contribution in [0.1, 0.15) is 31.9 Å². The molecule has 1 aromatic rings. The Labute approximate surface area is 125 Å². The molecule has 0 saturated heterocycles. The zero-order valence-electron chi connectivity index (χ0n) is 13.1. The highest BCUT2D eigenvalue weighted by molar-refractivity contribution is 5.99. The first-order chi connectivity index (χ1) is 9.80. The summed E-state index contributed by atoms with van der Waals surface area (Å²) in [7, 11) is 1.54. The summed E-state index contributed by atoms with van der Waals surface area (Å²) in [5, 5.41) is 21.7. The van der Waals surface area contributed by atoms with Crippen molar-refractivity contribution in [3.63, 3.8) is 0 Å². The molecule has 0 fully saturated rings. The molecule has 0 unspecified atom stereocenters. The van der Waals surface area contributed by atoms with Crippen molar-refractivity contribution in [1.82, 2.24) is 4.90 Å². The van der Waals surface area contributed by atoms with Gasteiger partial charge in [0.05, 0.1) is 18.3 Å². The normalized spacial score (nSPS) is 12.8. The smallest absolute Gasteiger partial charge is 0.173 e. The van der Waals surface area contributed by atoms with Crippen LogP contribution in [0.3, 0.4) is 0 Å². The van der Waals surface area contributed by atoms with Crippen molar-refractivity contribution in [2.45, 2.75) is 32.9 Å². The van der Waals surface area contributed by atoms with Crippen molar-refractivity contribution >= 4 is 5.84 Å².